The van der Waals surface area contributed by atoms with Crippen molar-refractivity contribution in [2.24, 2.45) is 0 Å². The number of aliphatic hydroxyl groups is 2. The molecule has 0 unspecified atom stereocenters. The number of rotatable bonds is 3. The molecule has 16 heavy (non-hydrogen) atoms. The van der Waals surface area contributed by atoms with Gasteiger partial charge in [0, 0.05) is 4.88 Å². The van der Waals surface area contributed by atoms with Gasteiger partial charge in [0.2, 0.25) is 5.91 Å². The second-order valence-electron chi connectivity index (χ2n) is 4.07. The van der Waals surface area contributed by atoms with Crippen molar-refractivity contribution in [3.63, 3.8) is 0 Å². The van der Waals surface area contributed by atoms with Crippen molar-refractivity contribution < 1.29 is 15.0 Å². The SMILES string of the molecule is O=C(Cc1cccs1)N[C@@H]1CC[C@@H](O)[C@@H]1O. The Morgan fingerprint density at radius 2 is 2.31 bits per heavy atom. The first-order valence-corrected chi connectivity index (χ1v) is 6.22. The van der Waals surface area contributed by atoms with Gasteiger partial charge in [0.25, 0.3) is 0 Å². The third-order valence-electron chi connectivity index (χ3n) is 2.84. The number of hydrogen-bond donors (Lipinski definition) is 3. The van der Waals surface area contributed by atoms with Gasteiger partial charge in [-0.1, -0.05) is 6.07 Å². The van der Waals surface area contributed by atoms with Gasteiger partial charge in [0.05, 0.1) is 24.7 Å². The fourth-order valence-electron chi connectivity index (χ4n) is 1.95. The number of carbonyl (C=O) groups is 1. The maximum absolute atomic E-state index is 11.6. The monoisotopic (exact) mass is 241 g/mol. The van der Waals surface area contributed by atoms with Crippen molar-refractivity contribution >= 4 is 17.2 Å². The van der Waals surface area contributed by atoms with Crippen LogP contribution in [0.5, 0.6) is 0 Å². The molecule has 1 aromatic heterocycles. The average Bonchev–Trinajstić information content (AvgIpc) is 2.83. The van der Waals surface area contributed by atoms with Gasteiger partial charge in [-0.3, -0.25) is 4.79 Å². The smallest absolute Gasteiger partial charge is 0.225 e. The summed E-state index contributed by atoms with van der Waals surface area (Å²) in [6, 6.07) is 3.51. The van der Waals surface area contributed by atoms with Crippen LogP contribution in [0.3, 0.4) is 0 Å². The topological polar surface area (TPSA) is 69.6 Å². The van der Waals surface area contributed by atoms with E-state index in [-0.39, 0.29) is 11.9 Å². The zero-order chi connectivity index (χ0) is 11.5. The molecule has 3 N–H and O–H groups in total. The Morgan fingerprint density at radius 3 is 2.88 bits per heavy atom. The van der Waals surface area contributed by atoms with Crippen LogP contribution in [0.15, 0.2) is 17.5 Å². The number of thiophene rings is 1. The second kappa shape index (κ2) is 4.95. The van der Waals surface area contributed by atoms with Crippen LogP contribution in [0, 0.1) is 0 Å². The fraction of sp³-hybridized carbons (Fsp3) is 0.545. The summed E-state index contributed by atoms with van der Waals surface area (Å²) >= 11 is 1.54. The molecule has 3 atom stereocenters. The third kappa shape index (κ3) is 2.61. The summed E-state index contributed by atoms with van der Waals surface area (Å²) < 4.78 is 0. The molecule has 1 aliphatic carbocycles. The van der Waals surface area contributed by atoms with E-state index in [1.165, 1.54) is 11.3 Å². The Labute approximate surface area is 97.9 Å². The molecule has 0 bridgehead atoms. The van der Waals surface area contributed by atoms with Gasteiger partial charge in [-0.2, -0.15) is 0 Å². The molecule has 1 fully saturated rings. The van der Waals surface area contributed by atoms with Crippen LogP contribution < -0.4 is 5.32 Å². The van der Waals surface area contributed by atoms with E-state index in [9.17, 15) is 15.0 Å². The molecule has 4 nitrogen and oxygen atoms in total. The Balaban J connectivity index is 1.84. The number of nitrogens with one attached hydrogen (secondary N) is 1. The zero-order valence-electron chi connectivity index (χ0n) is 8.80. The zero-order valence-corrected chi connectivity index (χ0v) is 9.61. The maximum Gasteiger partial charge on any atom is 0.225 e. The van der Waals surface area contributed by atoms with Crippen molar-refractivity contribution in [1.29, 1.82) is 0 Å². The highest BCUT2D eigenvalue weighted by molar-refractivity contribution is 7.10. The molecule has 0 saturated heterocycles. The van der Waals surface area contributed by atoms with Crippen molar-refractivity contribution in [3.8, 4) is 0 Å². The highest BCUT2D eigenvalue weighted by Crippen LogP contribution is 2.20. The van der Waals surface area contributed by atoms with Crippen LogP contribution in [0.4, 0.5) is 0 Å². The van der Waals surface area contributed by atoms with Crippen LogP contribution in [-0.4, -0.2) is 34.4 Å². The lowest BCUT2D eigenvalue weighted by Crippen LogP contribution is -2.43. The number of amides is 1. The Kier molecular flexibility index (Phi) is 3.58. The number of carbonyl (C=O) groups excluding carboxylic acids is 1. The lowest BCUT2D eigenvalue weighted by molar-refractivity contribution is -0.122. The second-order valence-corrected chi connectivity index (χ2v) is 5.10. The molecule has 0 aliphatic heterocycles. The minimum atomic E-state index is -0.827. The van der Waals surface area contributed by atoms with E-state index in [2.05, 4.69) is 5.32 Å². The molecule has 5 heteroatoms. The highest BCUT2D eigenvalue weighted by Gasteiger charge is 2.34. The average molecular weight is 241 g/mol. The van der Waals surface area contributed by atoms with Crippen LogP contribution in [0.25, 0.3) is 0 Å². The summed E-state index contributed by atoms with van der Waals surface area (Å²) in [6.07, 6.45) is -0.0000202. The molecule has 1 saturated carbocycles. The van der Waals surface area contributed by atoms with E-state index < -0.39 is 12.2 Å². The molecule has 88 valence electrons. The molecule has 2 rings (SSSR count). The quantitative estimate of drug-likeness (QED) is 0.712. The third-order valence-corrected chi connectivity index (χ3v) is 3.72. The van der Waals surface area contributed by atoms with Gasteiger partial charge in [-0.05, 0) is 24.3 Å². The van der Waals surface area contributed by atoms with Gasteiger partial charge in [0.1, 0.15) is 0 Å². The van der Waals surface area contributed by atoms with E-state index >= 15 is 0 Å². The molecular formula is C11H15NO3S. The van der Waals surface area contributed by atoms with Crippen LogP contribution in [-0.2, 0) is 11.2 Å². The van der Waals surface area contributed by atoms with Gasteiger partial charge in [-0.15, -0.1) is 11.3 Å². The lowest BCUT2D eigenvalue weighted by atomic mass is 10.2. The van der Waals surface area contributed by atoms with E-state index in [1.807, 2.05) is 17.5 Å². The van der Waals surface area contributed by atoms with Crippen molar-refractivity contribution in [2.45, 2.75) is 37.5 Å². The molecule has 1 aromatic rings. The Hall–Kier alpha value is -0.910. The van der Waals surface area contributed by atoms with Gasteiger partial charge >= 0.3 is 0 Å². The molecule has 1 amide bonds. The fourth-order valence-corrected chi connectivity index (χ4v) is 2.65. The van der Waals surface area contributed by atoms with Gasteiger partial charge in [-0.25, -0.2) is 0 Å². The van der Waals surface area contributed by atoms with Gasteiger partial charge < -0.3 is 15.5 Å². The van der Waals surface area contributed by atoms with Crippen LogP contribution in [0.1, 0.15) is 17.7 Å². The largest absolute Gasteiger partial charge is 0.390 e. The highest BCUT2D eigenvalue weighted by atomic mass is 32.1. The van der Waals surface area contributed by atoms with E-state index in [4.69, 9.17) is 0 Å². The standard InChI is InChI=1S/C11H15NO3S/c13-9-4-3-8(11(9)15)12-10(14)6-7-2-1-5-16-7/h1-2,5,8-9,11,13,15H,3-4,6H2,(H,12,14)/t8-,9-,11-/m1/s1. The summed E-state index contributed by atoms with van der Waals surface area (Å²) in [5.41, 5.74) is 0. The normalized spacial score (nSPS) is 29.2. The van der Waals surface area contributed by atoms with Crippen LogP contribution in [0.2, 0.25) is 0 Å². The first kappa shape index (κ1) is 11.6. The van der Waals surface area contributed by atoms with E-state index in [0.717, 1.165) is 4.88 Å². The van der Waals surface area contributed by atoms with E-state index in [1.54, 1.807) is 0 Å². The molecule has 0 spiro atoms. The lowest BCUT2D eigenvalue weighted by Gasteiger charge is -2.17. The summed E-state index contributed by atoms with van der Waals surface area (Å²) in [5, 5.41) is 23.6. The molecule has 0 radical (unpaired) electrons. The predicted molar refractivity (Wildman–Crippen MR) is 61.2 cm³/mol. The minimum Gasteiger partial charge on any atom is -0.390 e. The van der Waals surface area contributed by atoms with Crippen LogP contribution >= 0.6 is 11.3 Å². The first-order valence-electron chi connectivity index (χ1n) is 5.34. The van der Waals surface area contributed by atoms with Crippen molar-refractivity contribution in [2.75, 3.05) is 0 Å². The van der Waals surface area contributed by atoms with Gasteiger partial charge in [0.15, 0.2) is 0 Å². The Bertz CT molecular complexity index is 352. The minimum absolute atomic E-state index is 0.0967. The Morgan fingerprint density at radius 1 is 1.50 bits per heavy atom. The van der Waals surface area contributed by atoms with Crippen molar-refractivity contribution in [1.82, 2.24) is 5.32 Å². The number of hydrogen-bond acceptors (Lipinski definition) is 4. The molecule has 0 aromatic carbocycles. The molecule has 1 aliphatic rings. The maximum atomic E-state index is 11.6. The molecular weight excluding hydrogens is 226 g/mol. The first-order chi connectivity index (χ1) is 7.66. The summed E-state index contributed by atoms with van der Waals surface area (Å²) in [5.74, 6) is -0.0967. The molecule has 1 heterocycles. The van der Waals surface area contributed by atoms with E-state index in [0.29, 0.717) is 19.3 Å². The number of aliphatic hydroxyl groups excluding tert-OH is 2. The predicted octanol–water partition coefficient (Wildman–Crippen LogP) is 0.291. The summed E-state index contributed by atoms with van der Waals surface area (Å²) in [7, 11) is 0. The summed E-state index contributed by atoms with van der Waals surface area (Å²) in [4.78, 5) is 12.6. The summed E-state index contributed by atoms with van der Waals surface area (Å²) in [6.45, 7) is 0. The van der Waals surface area contributed by atoms with Crippen molar-refractivity contribution in [3.05, 3.63) is 22.4 Å².